The second-order valence-corrected chi connectivity index (χ2v) is 5.30. The van der Waals surface area contributed by atoms with Gasteiger partial charge >= 0.3 is 11.9 Å². The maximum atomic E-state index is 11.7. The molecule has 0 aromatic rings. The molecule has 0 atom stereocenters. The number of ether oxygens (including phenoxy) is 2. The molecule has 18 heavy (non-hydrogen) atoms. The van der Waals surface area contributed by atoms with Gasteiger partial charge in [0.05, 0.1) is 6.61 Å². The largest absolute Gasteiger partial charge is 0.463 e. The van der Waals surface area contributed by atoms with Gasteiger partial charge in [-0.3, -0.25) is 0 Å². The summed E-state index contributed by atoms with van der Waals surface area (Å²) >= 11 is 0. The molecule has 0 aromatic carbocycles. The first-order valence-corrected chi connectivity index (χ1v) is 6.24. The molecule has 0 aliphatic rings. The predicted molar refractivity (Wildman–Crippen MR) is 67.0 cm³/mol. The third-order valence-electron chi connectivity index (χ3n) is 2.32. The van der Waals surface area contributed by atoms with Crippen molar-refractivity contribution in [1.29, 1.82) is 0 Å². The Balaban J connectivity index is 4.27. The summed E-state index contributed by atoms with van der Waals surface area (Å²) in [6, 6.07) is 0. The Kier molecular flexibility index (Phi) is 6.32. The first-order valence-electron chi connectivity index (χ1n) is 6.24. The van der Waals surface area contributed by atoms with E-state index in [1.807, 2.05) is 0 Å². The zero-order chi connectivity index (χ0) is 14.4. The van der Waals surface area contributed by atoms with Crippen molar-refractivity contribution in [2.24, 2.45) is 0 Å². The number of hydrogen-bond acceptors (Lipinski definition) is 5. The Bertz CT molecular complexity index is 288. The zero-order valence-corrected chi connectivity index (χ0v) is 11.9. The molecule has 0 saturated carbocycles. The summed E-state index contributed by atoms with van der Waals surface area (Å²) in [4.78, 5) is 23.2. The van der Waals surface area contributed by atoms with Gasteiger partial charge in [-0.15, -0.1) is 0 Å². The monoisotopic (exact) mass is 260 g/mol. The van der Waals surface area contributed by atoms with E-state index in [2.05, 4.69) is 6.92 Å². The van der Waals surface area contributed by atoms with Crippen LogP contribution >= 0.6 is 0 Å². The Hall–Kier alpha value is -1.10. The number of aliphatic hydroxyl groups is 1. The van der Waals surface area contributed by atoms with Crippen LogP contribution in [0.3, 0.4) is 0 Å². The van der Waals surface area contributed by atoms with Gasteiger partial charge in [0.25, 0.3) is 0 Å². The van der Waals surface area contributed by atoms with Crippen LogP contribution in [0.4, 0.5) is 0 Å². The molecule has 0 heterocycles. The van der Waals surface area contributed by atoms with Gasteiger partial charge in [-0.05, 0) is 34.1 Å². The highest BCUT2D eigenvalue weighted by molar-refractivity contribution is 5.85. The minimum atomic E-state index is -1.63. The van der Waals surface area contributed by atoms with Crippen molar-refractivity contribution in [3.05, 3.63) is 0 Å². The molecule has 0 bridgehead atoms. The van der Waals surface area contributed by atoms with E-state index >= 15 is 0 Å². The fraction of sp³-hybridized carbons (Fsp3) is 0.846. The summed E-state index contributed by atoms with van der Waals surface area (Å²) in [5, 5.41) is 9.45. The van der Waals surface area contributed by atoms with Crippen LogP contribution in [0.1, 0.15) is 53.9 Å². The Morgan fingerprint density at radius 3 is 2.06 bits per heavy atom. The van der Waals surface area contributed by atoms with Gasteiger partial charge in [0.1, 0.15) is 0 Å². The lowest BCUT2D eigenvalue weighted by Gasteiger charge is -2.26. The number of hydrogen-bond donors (Lipinski definition) is 1. The van der Waals surface area contributed by atoms with E-state index in [4.69, 9.17) is 9.47 Å². The van der Waals surface area contributed by atoms with Crippen LogP contribution in [0.5, 0.6) is 0 Å². The van der Waals surface area contributed by atoms with E-state index in [1.165, 1.54) is 27.7 Å². The Morgan fingerprint density at radius 1 is 1.06 bits per heavy atom. The van der Waals surface area contributed by atoms with Crippen LogP contribution in [0, 0.1) is 0 Å². The van der Waals surface area contributed by atoms with Crippen LogP contribution in [0.15, 0.2) is 0 Å². The van der Waals surface area contributed by atoms with Crippen LogP contribution in [0.25, 0.3) is 0 Å². The summed E-state index contributed by atoms with van der Waals surface area (Å²) in [5.74, 6) is -1.45. The standard InChI is InChI=1S/C13H24O5/c1-6-7-8-9-17-11(15)13(4,5)18-10(14)12(2,3)16/h16H,6-9H2,1-5H3. The van der Waals surface area contributed by atoms with Gasteiger partial charge in [-0.25, -0.2) is 9.59 Å². The maximum absolute atomic E-state index is 11.7. The summed E-state index contributed by atoms with van der Waals surface area (Å²) in [6.45, 7) is 7.86. The molecule has 0 aromatic heterocycles. The molecule has 1 N–H and O–H groups in total. The molecule has 0 saturated heterocycles. The van der Waals surface area contributed by atoms with E-state index in [0.717, 1.165) is 19.3 Å². The molecule has 5 nitrogen and oxygen atoms in total. The van der Waals surface area contributed by atoms with Crippen molar-refractivity contribution in [2.75, 3.05) is 6.61 Å². The van der Waals surface area contributed by atoms with Crippen molar-refractivity contribution >= 4 is 11.9 Å². The Morgan fingerprint density at radius 2 is 1.61 bits per heavy atom. The molecule has 0 spiro atoms. The molecule has 0 radical (unpaired) electrons. The average molecular weight is 260 g/mol. The lowest BCUT2D eigenvalue weighted by molar-refractivity contribution is -0.188. The maximum Gasteiger partial charge on any atom is 0.350 e. The zero-order valence-electron chi connectivity index (χ0n) is 11.9. The van der Waals surface area contributed by atoms with Crippen LogP contribution in [0.2, 0.25) is 0 Å². The predicted octanol–water partition coefficient (Wildman–Crippen LogP) is 1.81. The highest BCUT2D eigenvalue weighted by Crippen LogP contribution is 2.16. The van der Waals surface area contributed by atoms with E-state index in [1.54, 1.807) is 0 Å². The first-order chi connectivity index (χ1) is 8.11. The van der Waals surface area contributed by atoms with Crippen LogP contribution in [-0.4, -0.2) is 34.9 Å². The number of carbonyl (C=O) groups is 2. The summed E-state index contributed by atoms with van der Waals surface area (Å²) in [7, 11) is 0. The number of esters is 2. The van der Waals surface area contributed by atoms with Crippen molar-refractivity contribution in [1.82, 2.24) is 0 Å². The van der Waals surface area contributed by atoms with Gasteiger partial charge in [0, 0.05) is 0 Å². The fourth-order valence-electron chi connectivity index (χ4n) is 1.09. The van der Waals surface area contributed by atoms with E-state index in [9.17, 15) is 14.7 Å². The molecule has 0 fully saturated rings. The lowest BCUT2D eigenvalue weighted by Crippen LogP contribution is -2.44. The number of carbonyl (C=O) groups excluding carboxylic acids is 2. The molecular weight excluding hydrogens is 236 g/mol. The third-order valence-corrected chi connectivity index (χ3v) is 2.32. The number of unbranched alkanes of at least 4 members (excludes halogenated alkanes) is 2. The van der Waals surface area contributed by atoms with E-state index < -0.39 is 23.1 Å². The van der Waals surface area contributed by atoms with Gasteiger partial charge < -0.3 is 14.6 Å². The van der Waals surface area contributed by atoms with E-state index in [-0.39, 0.29) is 0 Å². The van der Waals surface area contributed by atoms with Crippen molar-refractivity contribution < 1.29 is 24.2 Å². The van der Waals surface area contributed by atoms with E-state index in [0.29, 0.717) is 6.61 Å². The number of rotatable bonds is 7. The smallest absolute Gasteiger partial charge is 0.350 e. The Labute approximate surface area is 108 Å². The molecule has 106 valence electrons. The van der Waals surface area contributed by atoms with Gasteiger partial charge in [-0.2, -0.15) is 0 Å². The molecule has 0 aliphatic heterocycles. The minimum Gasteiger partial charge on any atom is -0.463 e. The lowest BCUT2D eigenvalue weighted by atomic mass is 10.1. The normalized spacial score (nSPS) is 12.1. The summed E-state index contributed by atoms with van der Waals surface area (Å²) in [6.07, 6.45) is 2.81. The molecule has 0 amide bonds. The highest BCUT2D eigenvalue weighted by atomic mass is 16.6. The topological polar surface area (TPSA) is 72.8 Å². The van der Waals surface area contributed by atoms with Crippen LogP contribution < -0.4 is 0 Å². The third kappa shape index (κ3) is 6.00. The van der Waals surface area contributed by atoms with Gasteiger partial charge in [0.15, 0.2) is 5.60 Å². The molecule has 0 rings (SSSR count). The van der Waals surface area contributed by atoms with Crippen molar-refractivity contribution in [3.8, 4) is 0 Å². The molecule has 0 unspecified atom stereocenters. The summed E-state index contributed by atoms with van der Waals surface area (Å²) in [5.41, 5.74) is -3.01. The highest BCUT2D eigenvalue weighted by Gasteiger charge is 2.38. The average Bonchev–Trinajstić information content (AvgIpc) is 2.22. The molecule has 0 aliphatic carbocycles. The molecular formula is C13H24O5. The van der Waals surface area contributed by atoms with Gasteiger partial charge in [0.2, 0.25) is 5.60 Å². The fourth-order valence-corrected chi connectivity index (χ4v) is 1.09. The summed E-state index contributed by atoms with van der Waals surface area (Å²) < 4.78 is 9.98. The second-order valence-electron chi connectivity index (χ2n) is 5.30. The van der Waals surface area contributed by atoms with Crippen molar-refractivity contribution in [3.63, 3.8) is 0 Å². The first kappa shape index (κ1) is 16.9. The van der Waals surface area contributed by atoms with Crippen LogP contribution in [-0.2, 0) is 19.1 Å². The minimum absolute atomic E-state index is 0.316. The van der Waals surface area contributed by atoms with Gasteiger partial charge in [-0.1, -0.05) is 19.8 Å². The second kappa shape index (κ2) is 6.73. The quantitative estimate of drug-likeness (QED) is 0.558. The molecule has 5 heteroatoms. The SMILES string of the molecule is CCCCCOC(=O)C(C)(C)OC(=O)C(C)(C)O. The van der Waals surface area contributed by atoms with Crippen molar-refractivity contribution in [2.45, 2.75) is 65.1 Å².